The Morgan fingerprint density at radius 2 is 2.08 bits per heavy atom. The summed E-state index contributed by atoms with van der Waals surface area (Å²) < 4.78 is 7.43. The molecular weight excluding hydrogens is 318 g/mol. The van der Waals surface area contributed by atoms with Crippen LogP contribution in [0.4, 0.5) is 11.4 Å². The molecule has 1 aromatic heterocycles. The number of hydrogen-bond acceptors (Lipinski definition) is 3. The number of fused-ring (bicyclic) bond motifs is 2. The van der Waals surface area contributed by atoms with Crippen molar-refractivity contribution < 1.29 is 14.3 Å². The molecule has 0 atom stereocenters. The first-order valence-corrected chi connectivity index (χ1v) is 8.09. The monoisotopic (exact) mass is 335 g/mol. The van der Waals surface area contributed by atoms with Crippen molar-refractivity contribution >= 4 is 34.1 Å². The van der Waals surface area contributed by atoms with Crippen molar-refractivity contribution in [2.45, 2.75) is 13.0 Å². The number of ether oxygens (including phenoxy) is 1. The number of para-hydroxylation sites is 1. The van der Waals surface area contributed by atoms with Crippen LogP contribution < -0.4 is 15.4 Å². The highest BCUT2D eigenvalue weighted by molar-refractivity contribution is 5.97. The predicted molar refractivity (Wildman–Crippen MR) is 95.8 cm³/mol. The van der Waals surface area contributed by atoms with E-state index in [1.165, 1.54) is 0 Å². The van der Waals surface area contributed by atoms with Crippen LogP contribution in [0.25, 0.3) is 10.9 Å². The van der Waals surface area contributed by atoms with Gasteiger partial charge in [0, 0.05) is 36.4 Å². The molecule has 0 radical (unpaired) electrons. The Morgan fingerprint density at radius 3 is 3.00 bits per heavy atom. The van der Waals surface area contributed by atoms with E-state index in [2.05, 4.69) is 21.3 Å². The average Bonchev–Trinajstić information content (AvgIpc) is 3.03. The summed E-state index contributed by atoms with van der Waals surface area (Å²) in [5.74, 6) is 0.314. The van der Waals surface area contributed by atoms with Gasteiger partial charge >= 0.3 is 0 Å². The third-order valence-corrected chi connectivity index (χ3v) is 4.16. The summed E-state index contributed by atoms with van der Waals surface area (Å²) in [6, 6.07) is 15.3. The predicted octanol–water partition coefficient (Wildman–Crippen LogP) is 3.00. The zero-order valence-electron chi connectivity index (χ0n) is 13.5. The quantitative estimate of drug-likeness (QED) is 0.770. The van der Waals surface area contributed by atoms with Gasteiger partial charge in [0.2, 0.25) is 5.91 Å². The maximum atomic E-state index is 12.2. The summed E-state index contributed by atoms with van der Waals surface area (Å²) in [5.41, 5.74) is 2.39. The summed E-state index contributed by atoms with van der Waals surface area (Å²) in [7, 11) is 0. The highest BCUT2D eigenvalue weighted by Gasteiger charge is 2.16. The van der Waals surface area contributed by atoms with Gasteiger partial charge in [-0.15, -0.1) is 0 Å². The number of hydrogen-bond donors (Lipinski definition) is 2. The van der Waals surface area contributed by atoms with Gasteiger partial charge in [-0.25, -0.2) is 0 Å². The van der Waals surface area contributed by atoms with E-state index in [9.17, 15) is 9.59 Å². The third-order valence-electron chi connectivity index (χ3n) is 4.16. The maximum Gasteiger partial charge on any atom is 0.262 e. The second-order valence-corrected chi connectivity index (χ2v) is 5.91. The second kappa shape index (κ2) is 6.32. The number of rotatable bonds is 4. The van der Waals surface area contributed by atoms with Crippen LogP contribution in [0, 0.1) is 0 Å². The molecule has 1 aliphatic heterocycles. The first-order chi connectivity index (χ1) is 12.2. The second-order valence-electron chi connectivity index (χ2n) is 5.91. The molecule has 3 aromatic rings. The molecule has 2 heterocycles. The molecule has 2 aromatic carbocycles. The van der Waals surface area contributed by atoms with Gasteiger partial charge in [-0.3, -0.25) is 9.59 Å². The molecule has 6 nitrogen and oxygen atoms in total. The number of nitrogens with one attached hydrogen (secondary N) is 2. The van der Waals surface area contributed by atoms with Gasteiger partial charge < -0.3 is 19.9 Å². The Labute approximate surface area is 144 Å². The molecule has 0 spiro atoms. The van der Waals surface area contributed by atoms with E-state index >= 15 is 0 Å². The molecule has 25 heavy (non-hydrogen) atoms. The highest BCUT2D eigenvalue weighted by atomic mass is 16.5. The van der Waals surface area contributed by atoms with Crippen molar-refractivity contribution in [2.24, 2.45) is 0 Å². The number of anilines is 2. The van der Waals surface area contributed by atoms with Gasteiger partial charge in [0.1, 0.15) is 5.75 Å². The van der Waals surface area contributed by atoms with Crippen LogP contribution in [0.2, 0.25) is 0 Å². The molecule has 0 aliphatic carbocycles. The molecule has 1 aliphatic rings. The van der Waals surface area contributed by atoms with Gasteiger partial charge in [-0.1, -0.05) is 18.2 Å². The van der Waals surface area contributed by atoms with Crippen molar-refractivity contribution in [3.05, 3.63) is 54.7 Å². The zero-order chi connectivity index (χ0) is 17.2. The molecule has 0 saturated carbocycles. The smallest absolute Gasteiger partial charge is 0.262 e. The number of aromatic nitrogens is 1. The van der Waals surface area contributed by atoms with E-state index < -0.39 is 0 Å². The standard InChI is InChI=1S/C19H17N3O3/c23-18(8-10-22-9-7-13-3-1-2-4-16(13)22)20-14-5-6-15-17(11-14)25-12-19(24)21-15/h1-7,9,11H,8,10,12H2,(H,20,23)(H,21,24). The molecule has 126 valence electrons. The number of amides is 2. The summed E-state index contributed by atoms with van der Waals surface area (Å²) in [6.07, 6.45) is 2.36. The lowest BCUT2D eigenvalue weighted by molar-refractivity contribution is -0.118. The van der Waals surface area contributed by atoms with Gasteiger partial charge in [-0.05, 0) is 29.7 Å². The van der Waals surface area contributed by atoms with Gasteiger partial charge in [-0.2, -0.15) is 0 Å². The highest BCUT2D eigenvalue weighted by Crippen LogP contribution is 2.30. The topological polar surface area (TPSA) is 72.4 Å². The van der Waals surface area contributed by atoms with Crippen LogP contribution in [0.15, 0.2) is 54.7 Å². The van der Waals surface area contributed by atoms with Gasteiger partial charge in [0.05, 0.1) is 5.69 Å². The first kappa shape index (κ1) is 15.3. The Kier molecular flexibility index (Phi) is 3.85. The zero-order valence-corrected chi connectivity index (χ0v) is 13.5. The Balaban J connectivity index is 1.40. The van der Waals surface area contributed by atoms with Gasteiger partial charge in [0.15, 0.2) is 6.61 Å². The SMILES string of the molecule is O=C(CCn1ccc2ccccc21)Nc1ccc2c(c1)OCC(=O)N2. The van der Waals surface area contributed by atoms with Crippen molar-refractivity contribution in [1.29, 1.82) is 0 Å². The summed E-state index contributed by atoms with van der Waals surface area (Å²) >= 11 is 0. The van der Waals surface area contributed by atoms with Crippen LogP contribution in [0.3, 0.4) is 0 Å². The first-order valence-electron chi connectivity index (χ1n) is 8.09. The Hall–Kier alpha value is -3.28. The number of carbonyl (C=O) groups is 2. The molecule has 2 N–H and O–H groups in total. The van der Waals surface area contributed by atoms with Crippen LogP contribution >= 0.6 is 0 Å². The molecule has 0 fully saturated rings. The normalized spacial score (nSPS) is 13.0. The van der Waals surface area contributed by atoms with Crippen molar-refractivity contribution in [3.63, 3.8) is 0 Å². The minimum atomic E-state index is -0.178. The number of aryl methyl sites for hydroxylation is 1. The van der Waals surface area contributed by atoms with Crippen LogP contribution in [0.5, 0.6) is 5.75 Å². The van der Waals surface area contributed by atoms with Crippen LogP contribution in [0.1, 0.15) is 6.42 Å². The van der Waals surface area contributed by atoms with Crippen molar-refractivity contribution in [1.82, 2.24) is 4.57 Å². The molecule has 0 bridgehead atoms. The molecule has 2 amide bonds. The molecule has 0 saturated heterocycles. The van der Waals surface area contributed by atoms with E-state index in [1.54, 1.807) is 18.2 Å². The fraction of sp³-hybridized carbons (Fsp3) is 0.158. The lowest BCUT2D eigenvalue weighted by Crippen LogP contribution is -2.25. The summed E-state index contributed by atoms with van der Waals surface area (Å²) in [5, 5.41) is 6.75. The molecule has 6 heteroatoms. The lowest BCUT2D eigenvalue weighted by Gasteiger charge is -2.18. The largest absolute Gasteiger partial charge is 0.482 e. The Morgan fingerprint density at radius 1 is 1.20 bits per heavy atom. The van der Waals surface area contributed by atoms with Crippen LogP contribution in [-0.2, 0) is 16.1 Å². The Bertz CT molecular complexity index is 961. The van der Waals surface area contributed by atoms with Crippen LogP contribution in [-0.4, -0.2) is 23.0 Å². The number of nitrogens with zero attached hydrogens (tertiary/aromatic N) is 1. The number of carbonyl (C=O) groups excluding carboxylic acids is 2. The number of benzene rings is 2. The fourth-order valence-electron chi connectivity index (χ4n) is 2.93. The molecule has 4 rings (SSSR count). The third kappa shape index (κ3) is 3.19. The van der Waals surface area contributed by atoms with E-state index in [0.29, 0.717) is 30.1 Å². The van der Waals surface area contributed by atoms with E-state index in [0.717, 1.165) is 10.9 Å². The van der Waals surface area contributed by atoms with Gasteiger partial charge in [0.25, 0.3) is 5.91 Å². The lowest BCUT2D eigenvalue weighted by atomic mass is 10.2. The summed E-state index contributed by atoms with van der Waals surface area (Å²) in [6.45, 7) is 0.599. The summed E-state index contributed by atoms with van der Waals surface area (Å²) in [4.78, 5) is 23.5. The maximum absolute atomic E-state index is 12.2. The minimum Gasteiger partial charge on any atom is -0.482 e. The van der Waals surface area contributed by atoms with Crippen molar-refractivity contribution in [2.75, 3.05) is 17.2 Å². The van der Waals surface area contributed by atoms with E-state index in [-0.39, 0.29) is 18.4 Å². The van der Waals surface area contributed by atoms with Crippen molar-refractivity contribution in [3.8, 4) is 5.75 Å². The minimum absolute atomic E-state index is 0.00883. The molecule has 0 unspecified atom stereocenters. The van der Waals surface area contributed by atoms with E-state index in [1.807, 2.05) is 30.5 Å². The van der Waals surface area contributed by atoms with E-state index in [4.69, 9.17) is 4.74 Å². The molecular formula is C19H17N3O3. The fourth-order valence-corrected chi connectivity index (χ4v) is 2.93. The average molecular weight is 335 g/mol.